The summed E-state index contributed by atoms with van der Waals surface area (Å²) in [5.41, 5.74) is 6.32. The minimum absolute atomic E-state index is 0.131. The second kappa shape index (κ2) is 5.28. The monoisotopic (exact) mass is 216 g/mol. The third-order valence-electron chi connectivity index (χ3n) is 2.34. The number of nitrogens with two attached hydrogens (primary N) is 1. The molecule has 0 heterocycles. The average molecular weight is 216 g/mol. The van der Waals surface area contributed by atoms with Gasteiger partial charge in [0, 0.05) is 6.04 Å². The minimum atomic E-state index is -0.673. The highest BCUT2D eigenvalue weighted by Gasteiger charge is 2.33. The Hall–Kier alpha value is 0.137. The van der Waals surface area contributed by atoms with Crippen LogP contribution in [-0.2, 0) is 4.43 Å². The Balaban J connectivity index is 4.56. The SMILES string of the molecule is CC(C)C(N)C(O[Si](C)C)C(C)(C)C. The van der Waals surface area contributed by atoms with Gasteiger partial charge in [-0.1, -0.05) is 34.6 Å². The van der Waals surface area contributed by atoms with Crippen molar-refractivity contribution in [2.24, 2.45) is 17.1 Å². The summed E-state index contributed by atoms with van der Waals surface area (Å²) in [6.45, 7) is 15.2. The van der Waals surface area contributed by atoms with E-state index in [1.165, 1.54) is 0 Å². The van der Waals surface area contributed by atoms with Crippen LogP contribution in [0.2, 0.25) is 13.1 Å². The Morgan fingerprint density at radius 3 is 1.79 bits per heavy atom. The summed E-state index contributed by atoms with van der Waals surface area (Å²) < 4.78 is 6.01. The molecule has 0 rings (SSSR count). The lowest BCUT2D eigenvalue weighted by Gasteiger charge is -2.38. The zero-order chi connectivity index (χ0) is 11.5. The van der Waals surface area contributed by atoms with Gasteiger partial charge >= 0.3 is 0 Å². The number of rotatable bonds is 4. The third-order valence-corrected chi connectivity index (χ3v) is 3.06. The molecule has 0 fully saturated rings. The van der Waals surface area contributed by atoms with Crippen LogP contribution in [0.25, 0.3) is 0 Å². The summed E-state index contributed by atoms with van der Waals surface area (Å²) in [6, 6.07) is 0.134. The molecule has 2 unspecified atom stereocenters. The van der Waals surface area contributed by atoms with Crippen molar-refractivity contribution in [1.82, 2.24) is 0 Å². The molecule has 0 saturated carbocycles. The van der Waals surface area contributed by atoms with Crippen LogP contribution >= 0.6 is 0 Å². The van der Waals surface area contributed by atoms with Crippen molar-refractivity contribution in [2.45, 2.75) is 59.9 Å². The van der Waals surface area contributed by atoms with E-state index in [0.717, 1.165) is 0 Å². The second-order valence-corrected chi connectivity index (χ2v) is 7.69. The van der Waals surface area contributed by atoms with E-state index in [2.05, 4.69) is 47.7 Å². The predicted octanol–water partition coefficient (Wildman–Crippen LogP) is 2.65. The predicted molar refractivity (Wildman–Crippen MR) is 64.6 cm³/mol. The molecule has 0 aromatic carbocycles. The molecule has 0 spiro atoms. The largest absolute Gasteiger partial charge is 0.412 e. The maximum absolute atomic E-state index is 6.19. The minimum Gasteiger partial charge on any atom is -0.412 e. The summed E-state index contributed by atoms with van der Waals surface area (Å²) in [4.78, 5) is 0. The lowest BCUT2D eigenvalue weighted by molar-refractivity contribution is 0.0487. The zero-order valence-electron chi connectivity index (χ0n) is 10.7. The van der Waals surface area contributed by atoms with Gasteiger partial charge in [0.15, 0.2) is 0 Å². The van der Waals surface area contributed by atoms with E-state index >= 15 is 0 Å². The average Bonchev–Trinajstić information content (AvgIpc) is 1.96. The fraction of sp³-hybridized carbons (Fsp3) is 1.00. The van der Waals surface area contributed by atoms with Crippen molar-refractivity contribution in [3.05, 3.63) is 0 Å². The van der Waals surface area contributed by atoms with Crippen molar-refractivity contribution in [1.29, 1.82) is 0 Å². The quantitative estimate of drug-likeness (QED) is 0.733. The second-order valence-electron chi connectivity index (χ2n) is 5.63. The van der Waals surface area contributed by atoms with Crippen molar-refractivity contribution in [2.75, 3.05) is 0 Å². The first-order valence-corrected chi connectivity index (χ1v) is 7.79. The van der Waals surface area contributed by atoms with Gasteiger partial charge in [0.25, 0.3) is 0 Å². The van der Waals surface area contributed by atoms with Gasteiger partial charge in [-0.05, 0) is 24.4 Å². The van der Waals surface area contributed by atoms with E-state index in [9.17, 15) is 0 Å². The van der Waals surface area contributed by atoms with Crippen molar-refractivity contribution < 1.29 is 4.43 Å². The van der Waals surface area contributed by atoms with Gasteiger partial charge in [0.2, 0.25) is 9.04 Å². The Kier molecular flexibility index (Phi) is 5.34. The molecule has 85 valence electrons. The van der Waals surface area contributed by atoms with Crippen LogP contribution in [0.3, 0.4) is 0 Å². The fourth-order valence-corrected chi connectivity index (χ4v) is 2.45. The molecular formula is C11H26NOSi. The number of hydrogen-bond acceptors (Lipinski definition) is 2. The van der Waals surface area contributed by atoms with Gasteiger partial charge in [-0.2, -0.15) is 0 Å². The Morgan fingerprint density at radius 2 is 1.57 bits per heavy atom. The maximum Gasteiger partial charge on any atom is 0.205 e. The highest BCUT2D eigenvalue weighted by molar-refractivity contribution is 6.48. The van der Waals surface area contributed by atoms with Crippen LogP contribution in [0, 0.1) is 11.3 Å². The van der Waals surface area contributed by atoms with Crippen LogP contribution in [0.1, 0.15) is 34.6 Å². The van der Waals surface area contributed by atoms with Gasteiger partial charge in [-0.15, -0.1) is 0 Å². The molecular weight excluding hydrogens is 190 g/mol. The Labute approximate surface area is 90.9 Å². The van der Waals surface area contributed by atoms with Gasteiger partial charge in [0.05, 0.1) is 6.10 Å². The normalized spacial score (nSPS) is 17.6. The van der Waals surface area contributed by atoms with Crippen LogP contribution in [0.5, 0.6) is 0 Å². The highest BCUT2D eigenvalue weighted by Crippen LogP contribution is 2.27. The molecule has 3 heteroatoms. The summed E-state index contributed by atoms with van der Waals surface area (Å²) in [6.07, 6.45) is 0.173. The van der Waals surface area contributed by atoms with Crippen molar-refractivity contribution >= 4 is 9.04 Å². The fourth-order valence-electron chi connectivity index (χ4n) is 1.44. The molecule has 0 aliphatic heterocycles. The molecule has 2 atom stereocenters. The maximum atomic E-state index is 6.19. The summed E-state index contributed by atoms with van der Waals surface area (Å²) in [5.74, 6) is 0.473. The lowest BCUT2D eigenvalue weighted by atomic mass is 9.81. The van der Waals surface area contributed by atoms with Crippen LogP contribution < -0.4 is 5.73 Å². The molecule has 2 nitrogen and oxygen atoms in total. The summed E-state index contributed by atoms with van der Waals surface area (Å²) in [5, 5.41) is 0. The molecule has 2 N–H and O–H groups in total. The topological polar surface area (TPSA) is 35.2 Å². The molecule has 1 radical (unpaired) electrons. The standard InChI is InChI=1S/C11H26NOSi/c1-8(2)9(12)10(11(3,4)5)13-14(6)7/h8-10H,12H2,1-7H3. The lowest BCUT2D eigenvalue weighted by Crippen LogP contribution is -2.49. The van der Waals surface area contributed by atoms with E-state index < -0.39 is 9.04 Å². The Morgan fingerprint density at radius 1 is 1.14 bits per heavy atom. The zero-order valence-corrected chi connectivity index (χ0v) is 11.7. The smallest absolute Gasteiger partial charge is 0.205 e. The van der Waals surface area contributed by atoms with E-state index in [1.807, 2.05) is 0 Å². The molecule has 0 aliphatic rings. The van der Waals surface area contributed by atoms with Crippen LogP contribution in [-0.4, -0.2) is 21.2 Å². The molecule has 0 amide bonds. The number of hydrogen-bond donors (Lipinski definition) is 1. The van der Waals surface area contributed by atoms with Crippen LogP contribution in [0.4, 0.5) is 0 Å². The Bertz CT molecular complexity index is 163. The third kappa shape index (κ3) is 4.58. The molecule has 14 heavy (non-hydrogen) atoms. The van der Waals surface area contributed by atoms with Gasteiger partial charge in [-0.25, -0.2) is 0 Å². The highest BCUT2D eigenvalue weighted by atomic mass is 28.3. The first kappa shape index (κ1) is 14.1. The van der Waals surface area contributed by atoms with Gasteiger partial charge < -0.3 is 10.2 Å². The first-order chi connectivity index (χ1) is 6.16. The molecule has 0 aromatic heterocycles. The molecule has 0 bridgehead atoms. The van der Waals surface area contributed by atoms with E-state index in [1.54, 1.807) is 0 Å². The molecule has 0 aliphatic carbocycles. The van der Waals surface area contributed by atoms with Crippen LogP contribution in [0.15, 0.2) is 0 Å². The van der Waals surface area contributed by atoms with E-state index in [-0.39, 0.29) is 17.6 Å². The van der Waals surface area contributed by atoms with E-state index in [4.69, 9.17) is 10.2 Å². The van der Waals surface area contributed by atoms with Crippen molar-refractivity contribution in [3.8, 4) is 0 Å². The van der Waals surface area contributed by atoms with Gasteiger partial charge in [-0.3, -0.25) is 0 Å². The van der Waals surface area contributed by atoms with E-state index in [0.29, 0.717) is 5.92 Å². The summed E-state index contributed by atoms with van der Waals surface area (Å²) >= 11 is 0. The van der Waals surface area contributed by atoms with Gasteiger partial charge in [0.1, 0.15) is 0 Å². The molecule has 0 aromatic rings. The van der Waals surface area contributed by atoms with Crippen molar-refractivity contribution in [3.63, 3.8) is 0 Å². The first-order valence-electron chi connectivity index (χ1n) is 5.38. The molecule has 0 saturated heterocycles. The summed E-state index contributed by atoms with van der Waals surface area (Å²) in [7, 11) is -0.673.